The molecule has 3 unspecified atom stereocenters. The minimum absolute atomic E-state index is 0.0853. The van der Waals surface area contributed by atoms with Crippen molar-refractivity contribution in [2.45, 2.75) is 37.9 Å². The number of hydrogen-bond donors (Lipinski definition) is 3. The molecule has 32 heavy (non-hydrogen) atoms. The molecule has 3 N–H and O–H groups in total. The van der Waals surface area contributed by atoms with Crippen molar-refractivity contribution < 1.29 is 9.18 Å². The van der Waals surface area contributed by atoms with E-state index in [2.05, 4.69) is 45.3 Å². The molecule has 3 fully saturated rings. The molecular formula is C23H30FN7O. The number of piperazine rings is 1. The maximum Gasteiger partial charge on any atom is 0.243 e. The van der Waals surface area contributed by atoms with Gasteiger partial charge in [-0.2, -0.15) is 0 Å². The van der Waals surface area contributed by atoms with E-state index in [0.29, 0.717) is 12.1 Å². The summed E-state index contributed by atoms with van der Waals surface area (Å²) in [5.41, 5.74) is 12.0. The van der Waals surface area contributed by atoms with E-state index in [1.54, 1.807) is 6.07 Å². The molecule has 8 nitrogen and oxygen atoms in total. The number of likely N-dealkylation sites (N-methyl/N-ethyl adjacent to an activating group) is 1. The van der Waals surface area contributed by atoms with Gasteiger partial charge in [0.05, 0.1) is 17.8 Å². The first-order chi connectivity index (χ1) is 15.5. The highest BCUT2D eigenvalue weighted by Crippen LogP contribution is 2.32. The molecule has 2 aromatic rings. The molecule has 0 spiro atoms. The first kappa shape index (κ1) is 21.3. The molecule has 3 atom stereocenters. The summed E-state index contributed by atoms with van der Waals surface area (Å²) in [5.74, 6) is 0.443. The molecule has 3 aliphatic heterocycles. The average molecular weight is 440 g/mol. The number of halogens is 1. The molecule has 5 rings (SSSR count). The van der Waals surface area contributed by atoms with Crippen molar-refractivity contribution in [2.75, 3.05) is 43.1 Å². The van der Waals surface area contributed by atoms with Crippen LogP contribution in [0.25, 0.3) is 0 Å². The summed E-state index contributed by atoms with van der Waals surface area (Å²) in [4.78, 5) is 22.2. The lowest BCUT2D eigenvalue weighted by molar-refractivity contribution is -0.121. The third-order valence-corrected chi connectivity index (χ3v) is 6.77. The number of hydrogen-bond acceptors (Lipinski definition) is 7. The third kappa shape index (κ3) is 3.86. The molecule has 3 aliphatic rings. The summed E-state index contributed by atoms with van der Waals surface area (Å²) >= 11 is 0. The zero-order valence-electron chi connectivity index (χ0n) is 18.5. The predicted octanol–water partition coefficient (Wildman–Crippen LogP) is 1.36. The summed E-state index contributed by atoms with van der Waals surface area (Å²) in [6, 6.07) is 8.80. The number of amides is 1. The molecule has 1 aromatic carbocycles. The van der Waals surface area contributed by atoms with E-state index in [1.807, 2.05) is 19.2 Å². The number of benzene rings is 1. The Morgan fingerprint density at radius 3 is 2.66 bits per heavy atom. The van der Waals surface area contributed by atoms with Gasteiger partial charge in [-0.1, -0.05) is 25.1 Å². The van der Waals surface area contributed by atoms with Gasteiger partial charge in [0.25, 0.3) is 0 Å². The number of rotatable bonds is 4. The Labute approximate surface area is 187 Å². The Hall–Kier alpha value is -2.59. The number of para-hydroxylation sites is 1. The molecule has 0 saturated carbocycles. The number of anilines is 2. The highest BCUT2D eigenvalue weighted by atomic mass is 19.1. The van der Waals surface area contributed by atoms with E-state index in [4.69, 9.17) is 4.98 Å². The maximum atomic E-state index is 14.7. The van der Waals surface area contributed by atoms with Gasteiger partial charge in [0, 0.05) is 44.8 Å². The lowest BCUT2D eigenvalue weighted by atomic mass is 9.94. The first-order valence-electron chi connectivity index (χ1n) is 11.3. The van der Waals surface area contributed by atoms with E-state index in [-0.39, 0.29) is 30.5 Å². The SMILES string of the molecule is CCc1cccc(F)c1N1NC2C(CC1=O)NNC2c1ccc(N2CCN(C)CC2)nc1. The van der Waals surface area contributed by atoms with Crippen molar-refractivity contribution in [1.29, 1.82) is 0 Å². The maximum absolute atomic E-state index is 14.7. The Balaban J connectivity index is 1.36. The van der Waals surface area contributed by atoms with E-state index in [0.717, 1.165) is 43.1 Å². The minimum atomic E-state index is -0.391. The van der Waals surface area contributed by atoms with Crippen LogP contribution in [0, 0.1) is 5.82 Å². The quantitative estimate of drug-likeness (QED) is 0.664. The van der Waals surface area contributed by atoms with Gasteiger partial charge >= 0.3 is 0 Å². The molecule has 0 bridgehead atoms. The molecular weight excluding hydrogens is 409 g/mol. The zero-order valence-corrected chi connectivity index (χ0v) is 18.5. The molecule has 0 aliphatic carbocycles. The second-order valence-corrected chi connectivity index (χ2v) is 8.80. The lowest BCUT2D eigenvalue weighted by Gasteiger charge is -2.37. The van der Waals surface area contributed by atoms with Crippen LogP contribution in [-0.4, -0.2) is 61.1 Å². The second kappa shape index (κ2) is 8.74. The van der Waals surface area contributed by atoms with E-state index in [9.17, 15) is 9.18 Å². The van der Waals surface area contributed by atoms with Crippen LogP contribution in [0.4, 0.5) is 15.9 Å². The number of aryl methyl sites for hydroxylation is 1. The summed E-state index contributed by atoms with van der Waals surface area (Å²) in [6.45, 7) is 5.97. The van der Waals surface area contributed by atoms with Crippen LogP contribution < -0.4 is 26.2 Å². The number of carbonyl (C=O) groups excluding carboxylic acids is 1. The first-order valence-corrected chi connectivity index (χ1v) is 11.3. The average Bonchev–Trinajstić information content (AvgIpc) is 3.21. The normalized spacial score (nSPS) is 26.5. The fourth-order valence-electron chi connectivity index (χ4n) is 4.83. The fourth-order valence-corrected chi connectivity index (χ4v) is 4.83. The molecule has 170 valence electrons. The van der Waals surface area contributed by atoms with Crippen LogP contribution in [-0.2, 0) is 11.2 Å². The number of aromatic nitrogens is 1. The van der Waals surface area contributed by atoms with Crippen molar-refractivity contribution in [3.05, 3.63) is 53.5 Å². The smallest absolute Gasteiger partial charge is 0.243 e. The number of carbonyl (C=O) groups is 1. The number of hydrazine groups is 2. The van der Waals surface area contributed by atoms with Crippen molar-refractivity contribution >= 4 is 17.4 Å². The van der Waals surface area contributed by atoms with Gasteiger partial charge < -0.3 is 9.80 Å². The Bertz CT molecular complexity index is 977. The molecule has 4 heterocycles. The largest absolute Gasteiger partial charge is 0.354 e. The van der Waals surface area contributed by atoms with Crippen molar-refractivity contribution in [3.8, 4) is 0 Å². The molecule has 1 aromatic heterocycles. The number of fused-ring (bicyclic) bond motifs is 1. The van der Waals surface area contributed by atoms with Gasteiger partial charge in [-0.05, 0) is 36.7 Å². The highest BCUT2D eigenvalue weighted by molar-refractivity contribution is 5.94. The van der Waals surface area contributed by atoms with Gasteiger partial charge in [-0.15, -0.1) is 0 Å². The van der Waals surface area contributed by atoms with Crippen LogP contribution in [0.1, 0.15) is 30.5 Å². The highest BCUT2D eigenvalue weighted by Gasteiger charge is 2.44. The molecule has 9 heteroatoms. The van der Waals surface area contributed by atoms with Crippen molar-refractivity contribution in [1.82, 2.24) is 26.2 Å². The van der Waals surface area contributed by atoms with Gasteiger partial charge in [-0.25, -0.2) is 25.2 Å². The van der Waals surface area contributed by atoms with E-state index >= 15 is 0 Å². The van der Waals surface area contributed by atoms with Gasteiger partial charge in [0.1, 0.15) is 11.6 Å². The summed E-state index contributed by atoms with van der Waals surface area (Å²) in [7, 11) is 2.14. The van der Waals surface area contributed by atoms with Gasteiger partial charge in [0.15, 0.2) is 0 Å². The molecule has 3 saturated heterocycles. The number of pyridine rings is 1. The number of nitrogens with zero attached hydrogens (tertiary/aromatic N) is 4. The van der Waals surface area contributed by atoms with E-state index in [1.165, 1.54) is 11.1 Å². The van der Waals surface area contributed by atoms with Crippen LogP contribution in [0.5, 0.6) is 0 Å². The Kier molecular flexibility index (Phi) is 5.81. The monoisotopic (exact) mass is 439 g/mol. The summed E-state index contributed by atoms with van der Waals surface area (Å²) in [5, 5.41) is 1.41. The van der Waals surface area contributed by atoms with Crippen molar-refractivity contribution in [3.63, 3.8) is 0 Å². The summed E-state index contributed by atoms with van der Waals surface area (Å²) in [6.07, 6.45) is 2.83. The molecule has 1 amide bonds. The second-order valence-electron chi connectivity index (χ2n) is 8.80. The third-order valence-electron chi connectivity index (χ3n) is 6.77. The standard InChI is InChI=1S/C23H30FN7O/c1-3-15-5-4-6-17(24)23(15)31-20(32)13-18-22(28-31)21(27-26-18)16-7-8-19(25-14-16)30-11-9-29(2)10-12-30/h4-8,14,18,21-22,26-28H,3,9-13H2,1-2H3. The number of nitrogens with one attached hydrogen (secondary N) is 3. The van der Waals surface area contributed by atoms with Crippen LogP contribution in [0.3, 0.4) is 0 Å². The Morgan fingerprint density at radius 1 is 1.12 bits per heavy atom. The molecule has 0 radical (unpaired) electrons. The topological polar surface area (TPSA) is 75.8 Å². The van der Waals surface area contributed by atoms with Crippen LogP contribution in [0.15, 0.2) is 36.5 Å². The minimum Gasteiger partial charge on any atom is -0.354 e. The Morgan fingerprint density at radius 2 is 1.94 bits per heavy atom. The lowest BCUT2D eigenvalue weighted by Crippen LogP contribution is -2.60. The summed E-state index contributed by atoms with van der Waals surface area (Å²) < 4.78 is 14.7. The predicted molar refractivity (Wildman–Crippen MR) is 122 cm³/mol. The van der Waals surface area contributed by atoms with Crippen molar-refractivity contribution in [2.24, 2.45) is 0 Å². The zero-order chi connectivity index (χ0) is 22.2. The van der Waals surface area contributed by atoms with Gasteiger partial charge in [-0.3, -0.25) is 10.2 Å². The fraction of sp³-hybridized carbons (Fsp3) is 0.478. The van der Waals surface area contributed by atoms with Gasteiger partial charge in [0.2, 0.25) is 5.91 Å². The van der Waals surface area contributed by atoms with E-state index < -0.39 is 5.82 Å². The van der Waals surface area contributed by atoms with Crippen LogP contribution >= 0.6 is 0 Å². The van der Waals surface area contributed by atoms with Crippen LogP contribution in [0.2, 0.25) is 0 Å².